The van der Waals surface area contributed by atoms with Gasteiger partial charge in [-0.2, -0.15) is 5.26 Å². The van der Waals surface area contributed by atoms with Crippen molar-refractivity contribution < 1.29 is 19.4 Å². The number of carboxylic acid groups (broad SMARTS) is 1. The first-order valence-corrected chi connectivity index (χ1v) is 8.37. The molecule has 6 heteroatoms. The van der Waals surface area contributed by atoms with Crippen LogP contribution in [0.5, 0.6) is 5.75 Å². The molecule has 0 spiro atoms. The molecule has 0 fully saturated rings. The summed E-state index contributed by atoms with van der Waals surface area (Å²) in [7, 11) is 0. The molecule has 2 aromatic carbocycles. The lowest BCUT2D eigenvalue weighted by Crippen LogP contribution is -2.30. The zero-order chi connectivity index (χ0) is 19.8. The van der Waals surface area contributed by atoms with Crippen LogP contribution in [0.4, 0.5) is 0 Å². The summed E-state index contributed by atoms with van der Waals surface area (Å²) in [6.07, 6.45) is 1.49. The number of para-hydroxylation sites is 1. The Bertz CT molecular complexity index is 893. The minimum Gasteiger partial charge on any atom is -0.488 e. The van der Waals surface area contributed by atoms with E-state index in [1.165, 1.54) is 18.2 Å². The number of aromatic carboxylic acids is 1. The lowest BCUT2D eigenvalue weighted by molar-refractivity contribution is -0.117. The molecule has 2 rings (SSSR count). The van der Waals surface area contributed by atoms with Gasteiger partial charge in [0.2, 0.25) is 0 Å². The van der Waals surface area contributed by atoms with Crippen molar-refractivity contribution in [2.24, 2.45) is 0 Å². The first-order valence-electron chi connectivity index (χ1n) is 8.37. The van der Waals surface area contributed by atoms with Crippen LogP contribution in [0.3, 0.4) is 0 Å². The number of amides is 1. The van der Waals surface area contributed by atoms with E-state index in [4.69, 9.17) is 9.84 Å². The van der Waals surface area contributed by atoms with Crippen molar-refractivity contribution in [3.63, 3.8) is 0 Å². The Hall–Kier alpha value is -3.59. The van der Waals surface area contributed by atoms with E-state index >= 15 is 0 Å². The third kappa shape index (κ3) is 5.72. The Balaban J connectivity index is 2.17. The zero-order valence-electron chi connectivity index (χ0n) is 15.1. The summed E-state index contributed by atoms with van der Waals surface area (Å²) in [5.74, 6) is -0.905. The monoisotopic (exact) mass is 364 g/mol. The SMILES string of the molecule is CC(C)NC(=O)/C(C#N)=C\c1ccccc1OCc1ccc(C(=O)O)cc1. The topological polar surface area (TPSA) is 99.4 Å². The fraction of sp³-hybridized carbons (Fsp3) is 0.190. The van der Waals surface area contributed by atoms with E-state index in [1.54, 1.807) is 36.4 Å². The number of carbonyl (C=O) groups excluding carboxylic acids is 1. The maximum Gasteiger partial charge on any atom is 0.335 e. The van der Waals surface area contributed by atoms with Crippen molar-refractivity contribution in [3.05, 3.63) is 70.8 Å². The van der Waals surface area contributed by atoms with Gasteiger partial charge in [0.05, 0.1) is 5.56 Å². The van der Waals surface area contributed by atoms with Gasteiger partial charge in [-0.15, -0.1) is 0 Å². The summed E-state index contributed by atoms with van der Waals surface area (Å²) in [6.45, 7) is 3.87. The van der Waals surface area contributed by atoms with Crippen LogP contribution in [0, 0.1) is 11.3 Å². The molecule has 0 bridgehead atoms. The maximum absolute atomic E-state index is 12.1. The highest BCUT2D eigenvalue weighted by molar-refractivity contribution is 6.02. The molecule has 0 saturated carbocycles. The van der Waals surface area contributed by atoms with Gasteiger partial charge >= 0.3 is 5.97 Å². The smallest absolute Gasteiger partial charge is 0.335 e. The molecule has 0 unspecified atom stereocenters. The molecule has 0 radical (unpaired) electrons. The number of nitriles is 1. The second-order valence-electron chi connectivity index (χ2n) is 6.13. The highest BCUT2D eigenvalue weighted by atomic mass is 16.5. The van der Waals surface area contributed by atoms with Crippen molar-refractivity contribution in [3.8, 4) is 11.8 Å². The summed E-state index contributed by atoms with van der Waals surface area (Å²) >= 11 is 0. The number of nitrogens with zero attached hydrogens (tertiary/aromatic N) is 1. The zero-order valence-corrected chi connectivity index (χ0v) is 15.1. The summed E-state index contributed by atoms with van der Waals surface area (Å²) in [4.78, 5) is 23.0. The molecule has 0 aliphatic rings. The third-order valence-electron chi connectivity index (χ3n) is 3.60. The Morgan fingerprint density at radius 2 is 1.85 bits per heavy atom. The van der Waals surface area contributed by atoms with Crippen LogP contribution in [0.25, 0.3) is 6.08 Å². The molecule has 0 aliphatic carbocycles. The second-order valence-corrected chi connectivity index (χ2v) is 6.13. The molecule has 6 nitrogen and oxygen atoms in total. The highest BCUT2D eigenvalue weighted by Crippen LogP contribution is 2.22. The number of carboxylic acids is 1. The minimum absolute atomic E-state index is 0.00874. The number of hydrogen-bond acceptors (Lipinski definition) is 4. The van der Waals surface area contributed by atoms with Crippen molar-refractivity contribution in [2.45, 2.75) is 26.5 Å². The van der Waals surface area contributed by atoms with E-state index in [0.29, 0.717) is 11.3 Å². The Labute approximate surface area is 157 Å². The summed E-state index contributed by atoms with van der Waals surface area (Å²) in [5.41, 5.74) is 1.61. The number of hydrogen-bond donors (Lipinski definition) is 2. The van der Waals surface area contributed by atoms with Crippen molar-refractivity contribution in [1.82, 2.24) is 5.32 Å². The number of rotatable bonds is 7. The van der Waals surface area contributed by atoms with Gasteiger partial charge in [-0.05, 0) is 43.7 Å². The van der Waals surface area contributed by atoms with E-state index in [9.17, 15) is 14.9 Å². The van der Waals surface area contributed by atoms with Crippen LogP contribution in [-0.4, -0.2) is 23.0 Å². The number of benzene rings is 2. The van der Waals surface area contributed by atoms with E-state index in [1.807, 2.05) is 19.9 Å². The van der Waals surface area contributed by atoms with Gasteiger partial charge in [0.15, 0.2) is 0 Å². The quantitative estimate of drug-likeness (QED) is 0.579. The average Bonchev–Trinajstić information content (AvgIpc) is 2.64. The standard InChI is InChI=1S/C21H20N2O4/c1-14(2)23-20(24)18(12-22)11-17-5-3-4-6-19(17)27-13-15-7-9-16(10-8-15)21(25)26/h3-11,14H,13H2,1-2H3,(H,23,24)(H,25,26)/b18-11-. The summed E-state index contributed by atoms with van der Waals surface area (Å²) in [5, 5.41) is 20.9. The first-order chi connectivity index (χ1) is 12.9. The van der Waals surface area contributed by atoms with Gasteiger partial charge in [0, 0.05) is 11.6 Å². The van der Waals surface area contributed by atoms with Crippen LogP contribution in [0.15, 0.2) is 54.1 Å². The lowest BCUT2D eigenvalue weighted by Gasteiger charge is -2.11. The van der Waals surface area contributed by atoms with Crippen molar-refractivity contribution in [2.75, 3.05) is 0 Å². The lowest BCUT2D eigenvalue weighted by atomic mass is 10.1. The molecule has 0 saturated heterocycles. The first kappa shape index (κ1) is 19.7. The van der Waals surface area contributed by atoms with E-state index < -0.39 is 11.9 Å². The summed E-state index contributed by atoms with van der Waals surface area (Å²) in [6, 6.07) is 15.3. The normalized spacial score (nSPS) is 11.0. The average molecular weight is 364 g/mol. The third-order valence-corrected chi connectivity index (χ3v) is 3.60. The number of ether oxygens (including phenoxy) is 1. The van der Waals surface area contributed by atoms with E-state index in [0.717, 1.165) is 5.56 Å². The largest absolute Gasteiger partial charge is 0.488 e. The Kier molecular flexibility index (Phi) is 6.73. The molecule has 2 N–H and O–H groups in total. The van der Waals surface area contributed by atoms with Gasteiger partial charge in [0.1, 0.15) is 24.0 Å². The van der Waals surface area contributed by atoms with Gasteiger partial charge in [0.25, 0.3) is 5.91 Å². The minimum atomic E-state index is -0.985. The predicted molar refractivity (Wildman–Crippen MR) is 101 cm³/mol. The summed E-state index contributed by atoms with van der Waals surface area (Å²) < 4.78 is 5.80. The second kappa shape index (κ2) is 9.20. The predicted octanol–water partition coefficient (Wildman–Crippen LogP) is 3.40. The van der Waals surface area contributed by atoms with Crippen LogP contribution in [0.1, 0.15) is 35.3 Å². The molecule has 0 aromatic heterocycles. The fourth-order valence-electron chi connectivity index (χ4n) is 2.28. The molecule has 0 atom stereocenters. The maximum atomic E-state index is 12.1. The van der Waals surface area contributed by atoms with Crippen LogP contribution >= 0.6 is 0 Å². The molecular weight excluding hydrogens is 344 g/mol. The van der Waals surface area contributed by atoms with E-state index in [2.05, 4.69) is 5.32 Å². The van der Waals surface area contributed by atoms with E-state index in [-0.39, 0.29) is 23.8 Å². The Morgan fingerprint density at radius 1 is 1.19 bits per heavy atom. The van der Waals surface area contributed by atoms with Crippen molar-refractivity contribution in [1.29, 1.82) is 5.26 Å². The van der Waals surface area contributed by atoms with Gasteiger partial charge in [-0.1, -0.05) is 30.3 Å². The van der Waals surface area contributed by atoms with Gasteiger partial charge < -0.3 is 15.2 Å². The van der Waals surface area contributed by atoms with Crippen molar-refractivity contribution >= 4 is 18.0 Å². The molecule has 138 valence electrons. The van der Waals surface area contributed by atoms with Crippen LogP contribution in [0.2, 0.25) is 0 Å². The fourth-order valence-corrected chi connectivity index (χ4v) is 2.28. The Morgan fingerprint density at radius 3 is 2.44 bits per heavy atom. The molecule has 0 aliphatic heterocycles. The molecular formula is C21H20N2O4. The molecule has 27 heavy (non-hydrogen) atoms. The number of carbonyl (C=O) groups is 2. The van der Waals surface area contributed by atoms with Gasteiger partial charge in [-0.3, -0.25) is 4.79 Å². The van der Waals surface area contributed by atoms with Crippen LogP contribution < -0.4 is 10.1 Å². The van der Waals surface area contributed by atoms with Crippen LogP contribution in [-0.2, 0) is 11.4 Å². The number of nitrogens with one attached hydrogen (secondary N) is 1. The molecule has 2 aromatic rings. The highest BCUT2D eigenvalue weighted by Gasteiger charge is 2.12. The molecule has 0 heterocycles. The molecule has 1 amide bonds. The van der Waals surface area contributed by atoms with Gasteiger partial charge in [-0.25, -0.2) is 4.79 Å².